The Bertz CT molecular complexity index is 963. The summed E-state index contributed by atoms with van der Waals surface area (Å²) in [4.78, 5) is 24.3. The zero-order valence-electron chi connectivity index (χ0n) is 13.6. The molecule has 0 aromatic heterocycles. The summed E-state index contributed by atoms with van der Waals surface area (Å²) >= 11 is 17.9. The molecule has 3 rings (SSSR count). The number of halogens is 2. The van der Waals surface area contributed by atoms with Crippen molar-refractivity contribution >= 4 is 75.1 Å². The van der Waals surface area contributed by atoms with Crippen LogP contribution in [0, 0.1) is 0 Å². The van der Waals surface area contributed by atoms with Crippen LogP contribution in [0.3, 0.4) is 0 Å². The van der Waals surface area contributed by atoms with Gasteiger partial charge in [0.1, 0.15) is 10.1 Å². The lowest BCUT2D eigenvalue weighted by Crippen LogP contribution is -2.20. The van der Waals surface area contributed by atoms with Gasteiger partial charge in [0.25, 0.3) is 11.8 Å². The fourth-order valence-electron chi connectivity index (χ4n) is 2.19. The maximum absolute atomic E-state index is 12.0. The van der Waals surface area contributed by atoms with Crippen LogP contribution in [-0.2, 0) is 9.59 Å². The van der Waals surface area contributed by atoms with Crippen molar-refractivity contribution in [3.63, 3.8) is 0 Å². The average Bonchev–Trinajstić information content (AvgIpc) is 2.94. The van der Waals surface area contributed by atoms with E-state index in [1.54, 1.807) is 42.5 Å². The van der Waals surface area contributed by atoms with Crippen LogP contribution in [0.25, 0.3) is 6.08 Å². The Balaban J connectivity index is 1.60. The van der Waals surface area contributed by atoms with Gasteiger partial charge in [-0.3, -0.25) is 9.59 Å². The molecule has 1 heterocycles. The predicted octanol–water partition coefficient (Wildman–Crippen LogP) is 4.50. The van der Waals surface area contributed by atoms with Crippen LogP contribution in [-0.4, -0.2) is 22.7 Å². The van der Waals surface area contributed by atoms with E-state index in [1.807, 2.05) is 6.07 Å². The first-order valence-electron chi connectivity index (χ1n) is 7.63. The first kappa shape index (κ1) is 19.7. The number of anilines is 1. The fourth-order valence-corrected chi connectivity index (χ4v) is 3.53. The van der Waals surface area contributed by atoms with Gasteiger partial charge in [0, 0.05) is 5.69 Å². The molecule has 0 saturated carbocycles. The number of carbonyl (C=O) groups excluding carboxylic acids is 2. The SMILES string of the molecule is O=C(COc1cccc(/C=C2\SC(=S)NC2=O)c1)Nc1ccc(Cl)c(Cl)c1. The van der Waals surface area contributed by atoms with Gasteiger partial charge in [-0.25, -0.2) is 0 Å². The van der Waals surface area contributed by atoms with Crippen LogP contribution < -0.4 is 15.4 Å². The van der Waals surface area contributed by atoms with Crippen molar-refractivity contribution in [2.45, 2.75) is 0 Å². The maximum atomic E-state index is 12.0. The Kier molecular flexibility index (Phi) is 6.38. The molecule has 2 N–H and O–H groups in total. The summed E-state index contributed by atoms with van der Waals surface area (Å²) in [6.45, 7) is -0.181. The Morgan fingerprint density at radius 3 is 2.74 bits per heavy atom. The Labute approximate surface area is 175 Å². The molecule has 2 aromatic rings. The molecule has 1 saturated heterocycles. The summed E-state index contributed by atoms with van der Waals surface area (Å²) in [6.07, 6.45) is 1.71. The van der Waals surface area contributed by atoms with E-state index in [0.717, 1.165) is 5.56 Å². The lowest BCUT2D eigenvalue weighted by atomic mass is 10.2. The first-order valence-corrected chi connectivity index (χ1v) is 9.61. The Morgan fingerprint density at radius 2 is 2.04 bits per heavy atom. The van der Waals surface area contributed by atoms with Crippen molar-refractivity contribution in [2.24, 2.45) is 0 Å². The van der Waals surface area contributed by atoms with Gasteiger partial charge in [-0.1, -0.05) is 59.3 Å². The van der Waals surface area contributed by atoms with Gasteiger partial charge in [-0.05, 0) is 42.0 Å². The van der Waals surface area contributed by atoms with Gasteiger partial charge in [-0.15, -0.1) is 0 Å². The molecule has 5 nitrogen and oxygen atoms in total. The minimum absolute atomic E-state index is 0.181. The van der Waals surface area contributed by atoms with Gasteiger partial charge in [0.15, 0.2) is 6.61 Å². The number of hydrogen-bond acceptors (Lipinski definition) is 5. The summed E-state index contributed by atoms with van der Waals surface area (Å²) in [6, 6.07) is 11.9. The third-order valence-corrected chi connectivity index (χ3v) is 5.27. The van der Waals surface area contributed by atoms with Crippen molar-refractivity contribution in [2.75, 3.05) is 11.9 Å². The van der Waals surface area contributed by atoms with Crippen molar-refractivity contribution in [1.82, 2.24) is 5.32 Å². The number of thiocarbonyl (C=S) groups is 1. The fraction of sp³-hybridized carbons (Fsp3) is 0.0556. The van der Waals surface area contributed by atoms with Crippen molar-refractivity contribution in [1.29, 1.82) is 0 Å². The van der Waals surface area contributed by atoms with E-state index in [2.05, 4.69) is 10.6 Å². The lowest BCUT2D eigenvalue weighted by Gasteiger charge is -2.09. The second kappa shape index (κ2) is 8.75. The van der Waals surface area contributed by atoms with Crippen LogP contribution >= 0.6 is 47.2 Å². The second-order valence-electron chi connectivity index (χ2n) is 5.39. The zero-order valence-corrected chi connectivity index (χ0v) is 16.8. The highest BCUT2D eigenvalue weighted by atomic mass is 35.5. The number of thioether (sulfide) groups is 1. The molecule has 1 aliphatic rings. The maximum Gasteiger partial charge on any atom is 0.263 e. The van der Waals surface area contributed by atoms with Crippen LogP contribution in [0.15, 0.2) is 47.4 Å². The molecule has 9 heteroatoms. The van der Waals surface area contributed by atoms with Crippen LogP contribution in [0.2, 0.25) is 10.0 Å². The minimum Gasteiger partial charge on any atom is -0.484 e. The van der Waals surface area contributed by atoms with Crippen LogP contribution in [0.5, 0.6) is 5.75 Å². The summed E-state index contributed by atoms with van der Waals surface area (Å²) in [7, 11) is 0. The van der Waals surface area contributed by atoms with E-state index in [4.69, 9.17) is 40.2 Å². The number of carbonyl (C=O) groups is 2. The van der Waals surface area contributed by atoms with Gasteiger partial charge in [0.2, 0.25) is 0 Å². The highest BCUT2D eigenvalue weighted by molar-refractivity contribution is 8.26. The molecule has 138 valence electrons. The highest BCUT2D eigenvalue weighted by Gasteiger charge is 2.21. The van der Waals surface area contributed by atoms with Gasteiger partial charge < -0.3 is 15.4 Å². The first-order chi connectivity index (χ1) is 12.9. The molecule has 0 aliphatic carbocycles. The molecule has 2 aromatic carbocycles. The molecule has 0 atom stereocenters. The molecule has 0 unspecified atom stereocenters. The van der Waals surface area contributed by atoms with Gasteiger partial charge in [-0.2, -0.15) is 0 Å². The van der Waals surface area contributed by atoms with Gasteiger partial charge >= 0.3 is 0 Å². The summed E-state index contributed by atoms with van der Waals surface area (Å²) in [5.41, 5.74) is 1.29. The highest BCUT2D eigenvalue weighted by Crippen LogP contribution is 2.27. The van der Waals surface area contributed by atoms with Gasteiger partial charge in [0.05, 0.1) is 15.0 Å². The molecular weight excluding hydrogens is 427 g/mol. The largest absolute Gasteiger partial charge is 0.484 e. The molecule has 1 aliphatic heterocycles. The minimum atomic E-state index is -0.340. The van der Waals surface area contributed by atoms with E-state index >= 15 is 0 Å². The lowest BCUT2D eigenvalue weighted by molar-refractivity contribution is -0.118. The third kappa shape index (κ3) is 5.46. The second-order valence-corrected chi connectivity index (χ2v) is 7.92. The van der Waals surface area contributed by atoms with Crippen molar-refractivity contribution in [3.8, 4) is 5.75 Å². The molecule has 0 spiro atoms. The monoisotopic (exact) mass is 438 g/mol. The zero-order chi connectivity index (χ0) is 19.4. The molecular formula is C18H12Cl2N2O3S2. The quantitative estimate of drug-likeness (QED) is 0.531. The predicted molar refractivity (Wildman–Crippen MR) is 113 cm³/mol. The number of nitrogens with one attached hydrogen (secondary N) is 2. The standard InChI is InChI=1S/C18H12Cl2N2O3S2/c19-13-5-4-11(8-14(13)20)21-16(23)9-25-12-3-1-2-10(6-12)7-15-17(24)22-18(26)27-15/h1-8H,9H2,(H,21,23)(H,22,24,26)/b15-7-. The number of rotatable bonds is 5. The summed E-state index contributed by atoms with van der Waals surface area (Å²) in [5, 5.41) is 5.99. The number of ether oxygens (including phenoxy) is 1. The number of hydrogen-bond donors (Lipinski definition) is 2. The van der Waals surface area contributed by atoms with Crippen molar-refractivity contribution in [3.05, 3.63) is 63.0 Å². The Hall–Kier alpha value is -2.06. The van der Waals surface area contributed by atoms with Crippen LogP contribution in [0.1, 0.15) is 5.56 Å². The van der Waals surface area contributed by atoms with E-state index in [0.29, 0.717) is 30.7 Å². The third-order valence-electron chi connectivity index (χ3n) is 3.37. The number of benzene rings is 2. The van der Waals surface area contributed by atoms with E-state index in [-0.39, 0.29) is 18.4 Å². The Morgan fingerprint density at radius 1 is 1.22 bits per heavy atom. The molecule has 1 fully saturated rings. The number of amides is 2. The van der Waals surface area contributed by atoms with Crippen molar-refractivity contribution < 1.29 is 14.3 Å². The molecule has 27 heavy (non-hydrogen) atoms. The smallest absolute Gasteiger partial charge is 0.263 e. The van der Waals surface area contributed by atoms with E-state index in [9.17, 15) is 9.59 Å². The molecule has 2 amide bonds. The normalized spacial score (nSPS) is 15.0. The molecule has 0 bridgehead atoms. The van der Waals surface area contributed by atoms with Crippen LogP contribution in [0.4, 0.5) is 5.69 Å². The topological polar surface area (TPSA) is 67.4 Å². The van der Waals surface area contributed by atoms with E-state index < -0.39 is 0 Å². The summed E-state index contributed by atoms with van der Waals surface area (Å²) in [5.74, 6) is -0.0647. The average molecular weight is 439 g/mol. The molecule has 0 radical (unpaired) electrons. The summed E-state index contributed by atoms with van der Waals surface area (Å²) < 4.78 is 5.94. The van der Waals surface area contributed by atoms with E-state index in [1.165, 1.54) is 11.8 Å².